The summed E-state index contributed by atoms with van der Waals surface area (Å²) in [5.41, 5.74) is 1.13. The summed E-state index contributed by atoms with van der Waals surface area (Å²) in [4.78, 5) is 8.64. The Labute approximate surface area is 197 Å². The predicted octanol–water partition coefficient (Wildman–Crippen LogP) is 3.52. The van der Waals surface area contributed by atoms with Gasteiger partial charge in [0.1, 0.15) is 6.10 Å². The van der Waals surface area contributed by atoms with Gasteiger partial charge in [0.05, 0.1) is 0 Å². The summed E-state index contributed by atoms with van der Waals surface area (Å²) in [5.74, 6) is 2.18. The first kappa shape index (κ1) is 25.1. The second kappa shape index (κ2) is 14.8. The molecule has 0 aromatic carbocycles. The van der Waals surface area contributed by atoms with E-state index in [-0.39, 0.29) is 24.0 Å². The molecule has 0 amide bonds. The molecule has 3 rings (SSSR count). The smallest absolute Gasteiger partial charge is 0.213 e. The lowest BCUT2D eigenvalue weighted by molar-refractivity contribution is 0.0203. The molecule has 0 atom stereocenters. The highest BCUT2D eigenvalue weighted by molar-refractivity contribution is 14.0. The number of pyridine rings is 1. The van der Waals surface area contributed by atoms with E-state index in [2.05, 4.69) is 20.6 Å². The van der Waals surface area contributed by atoms with Gasteiger partial charge in [0, 0.05) is 58.8 Å². The second-order valence-corrected chi connectivity index (χ2v) is 7.86. The van der Waals surface area contributed by atoms with Gasteiger partial charge in [-0.15, -0.1) is 24.0 Å². The number of nitrogens with zero attached hydrogens (tertiary/aromatic N) is 2. The molecular weight excluding hydrogens is 495 g/mol. The Kier molecular flexibility index (Phi) is 12.4. The molecule has 0 spiro atoms. The third kappa shape index (κ3) is 9.34. The quantitative estimate of drug-likeness (QED) is 0.208. The number of rotatable bonds is 10. The van der Waals surface area contributed by atoms with E-state index in [4.69, 9.17) is 14.2 Å². The second-order valence-electron chi connectivity index (χ2n) is 7.86. The predicted molar refractivity (Wildman–Crippen MR) is 130 cm³/mol. The normalized spacial score (nSPS) is 18.1. The van der Waals surface area contributed by atoms with E-state index in [0.717, 1.165) is 82.5 Å². The number of hydrogen-bond acceptors (Lipinski definition) is 5. The Morgan fingerprint density at radius 3 is 2.77 bits per heavy atom. The maximum Gasteiger partial charge on any atom is 0.213 e. The van der Waals surface area contributed by atoms with Gasteiger partial charge in [0.15, 0.2) is 5.96 Å². The molecule has 7 nitrogen and oxygen atoms in total. The molecule has 1 saturated heterocycles. The monoisotopic (exact) mass is 532 g/mol. The van der Waals surface area contributed by atoms with Gasteiger partial charge < -0.3 is 24.8 Å². The molecule has 1 saturated carbocycles. The molecule has 2 aliphatic rings. The molecular formula is C22H37IN4O3. The Hall–Kier alpha value is -1.13. The first-order valence-corrected chi connectivity index (χ1v) is 11.0. The molecule has 1 aliphatic heterocycles. The van der Waals surface area contributed by atoms with Crippen LogP contribution in [0.2, 0.25) is 0 Å². The van der Waals surface area contributed by atoms with Crippen molar-refractivity contribution in [2.24, 2.45) is 10.9 Å². The molecule has 30 heavy (non-hydrogen) atoms. The summed E-state index contributed by atoms with van der Waals surface area (Å²) in [5, 5.41) is 6.69. The fraction of sp³-hybridized carbons (Fsp3) is 0.727. The number of halogens is 1. The molecule has 8 heteroatoms. The van der Waals surface area contributed by atoms with Gasteiger partial charge in [-0.05, 0) is 62.5 Å². The van der Waals surface area contributed by atoms with Crippen molar-refractivity contribution in [1.82, 2.24) is 15.6 Å². The van der Waals surface area contributed by atoms with E-state index in [1.54, 1.807) is 7.05 Å². The number of aromatic nitrogens is 1. The molecule has 0 radical (unpaired) electrons. The van der Waals surface area contributed by atoms with Gasteiger partial charge in [0.2, 0.25) is 5.88 Å². The van der Waals surface area contributed by atoms with Crippen LogP contribution in [0, 0.1) is 5.92 Å². The summed E-state index contributed by atoms with van der Waals surface area (Å²) in [6.45, 7) is 4.90. The van der Waals surface area contributed by atoms with Gasteiger partial charge in [-0.3, -0.25) is 4.99 Å². The fourth-order valence-corrected chi connectivity index (χ4v) is 3.75. The first-order valence-electron chi connectivity index (χ1n) is 11.0. The maximum atomic E-state index is 5.99. The van der Waals surface area contributed by atoms with Crippen molar-refractivity contribution >= 4 is 29.9 Å². The zero-order valence-electron chi connectivity index (χ0n) is 18.1. The first-order chi connectivity index (χ1) is 14.3. The van der Waals surface area contributed by atoms with E-state index in [0.29, 0.717) is 18.6 Å². The molecule has 2 heterocycles. The summed E-state index contributed by atoms with van der Waals surface area (Å²) >= 11 is 0. The summed E-state index contributed by atoms with van der Waals surface area (Å²) in [6, 6.07) is 4.02. The van der Waals surface area contributed by atoms with Gasteiger partial charge >= 0.3 is 0 Å². The Morgan fingerprint density at radius 2 is 2.00 bits per heavy atom. The maximum absolute atomic E-state index is 5.99. The standard InChI is InChI=1S/C22H36N4O3.HI/c1-23-22(25-10-4-12-28-17-18-8-13-27-14-9-18)26-16-19-7-11-24-21(15-19)29-20-5-2-3-6-20;/h7,11,15,18,20H,2-6,8-10,12-14,16-17H2,1H3,(H2,23,25,26);1H. The van der Waals surface area contributed by atoms with Crippen molar-refractivity contribution in [2.75, 3.05) is 40.0 Å². The topological polar surface area (TPSA) is 77.0 Å². The highest BCUT2D eigenvalue weighted by Crippen LogP contribution is 2.23. The van der Waals surface area contributed by atoms with Crippen LogP contribution >= 0.6 is 24.0 Å². The van der Waals surface area contributed by atoms with Crippen LogP contribution in [0.4, 0.5) is 0 Å². The molecule has 0 bridgehead atoms. The Bertz CT molecular complexity index is 620. The van der Waals surface area contributed by atoms with Crippen LogP contribution in [0.15, 0.2) is 23.3 Å². The molecule has 1 aliphatic carbocycles. The van der Waals surface area contributed by atoms with Crippen molar-refractivity contribution in [2.45, 2.75) is 57.6 Å². The minimum atomic E-state index is 0. The molecule has 2 N–H and O–H groups in total. The van der Waals surface area contributed by atoms with Crippen LogP contribution < -0.4 is 15.4 Å². The lowest BCUT2D eigenvalue weighted by atomic mass is 10.0. The number of ether oxygens (including phenoxy) is 3. The van der Waals surface area contributed by atoms with Gasteiger partial charge in [-0.25, -0.2) is 4.98 Å². The molecule has 2 fully saturated rings. The fourth-order valence-electron chi connectivity index (χ4n) is 3.75. The van der Waals surface area contributed by atoms with Crippen molar-refractivity contribution in [3.8, 4) is 5.88 Å². The lowest BCUT2D eigenvalue weighted by Crippen LogP contribution is -2.37. The molecule has 1 aromatic rings. The third-order valence-electron chi connectivity index (χ3n) is 5.52. The van der Waals surface area contributed by atoms with Crippen LogP contribution in [-0.4, -0.2) is 57.1 Å². The van der Waals surface area contributed by atoms with E-state index in [1.807, 2.05) is 18.3 Å². The Morgan fingerprint density at radius 1 is 1.20 bits per heavy atom. The van der Waals surface area contributed by atoms with Crippen molar-refractivity contribution < 1.29 is 14.2 Å². The SMILES string of the molecule is CN=C(NCCCOCC1CCOCC1)NCc1ccnc(OC2CCCC2)c1.I. The van der Waals surface area contributed by atoms with E-state index >= 15 is 0 Å². The van der Waals surface area contributed by atoms with Crippen LogP contribution in [-0.2, 0) is 16.0 Å². The minimum absolute atomic E-state index is 0. The van der Waals surface area contributed by atoms with Gasteiger partial charge in [0.25, 0.3) is 0 Å². The number of aliphatic imine (C=N–C) groups is 1. The highest BCUT2D eigenvalue weighted by Gasteiger charge is 2.17. The van der Waals surface area contributed by atoms with E-state index < -0.39 is 0 Å². The van der Waals surface area contributed by atoms with Gasteiger partial charge in [-0.2, -0.15) is 0 Å². The minimum Gasteiger partial charge on any atom is -0.474 e. The van der Waals surface area contributed by atoms with E-state index in [9.17, 15) is 0 Å². The zero-order valence-corrected chi connectivity index (χ0v) is 20.4. The average molecular weight is 532 g/mol. The van der Waals surface area contributed by atoms with Crippen LogP contribution in [0.5, 0.6) is 5.88 Å². The van der Waals surface area contributed by atoms with Crippen LogP contribution in [0.25, 0.3) is 0 Å². The molecule has 170 valence electrons. The van der Waals surface area contributed by atoms with Crippen LogP contribution in [0.1, 0.15) is 50.5 Å². The van der Waals surface area contributed by atoms with Crippen molar-refractivity contribution in [3.63, 3.8) is 0 Å². The van der Waals surface area contributed by atoms with Crippen LogP contribution in [0.3, 0.4) is 0 Å². The highest BCUT2D eigenvalue weighted by atomic mass is 127. The van der Waals surface area contributed by atoms with Crippen molar-refractivity contribution in [3.05, 3.63) is 23.9 Å². The average Bonchev–Trinajstić information content (AvgIpc) is 3.27. The summed E-state index contributed by atoms with van der Waals surface area (Å²) in [6.07, 6.45) is 10.1. The molecule has 0 unspecified atom stereocenters. The largest absolute Gasteiger partial charge is 0.474 e. The lowest BCUT2D eigenvalue weighted by Gasteiger charge is -2.21. The number of nitrogens with one attached hydrogen (secondary N) is 2. The number of hydrogen-bond donors (Lipinski definition) is 2. The third-order valence-corrected chi connectivity index (χ3v) is 5.52. The number of guanidine groups is 1. The van der Waals surface area contributed by atoms with Gasteiger partial charge in [-0.1, -0.05) is 0 Å². The summed E-state index contributed by atoms with van der Waals surface area (Å²) in [7, 11) is 1.79. The van der Waals surface area contributed by atoms with Crippen molar-refractivity contribution in [1.29, 1.82) is 0 Å². The molecule has 1 aromatic heterocycles. The zero-order chi connectivity index (χ0) is 20.2. The van der Waals surface area contributed by atoms with E-state index in [1.165, 1.54) is 12.8 Å². The summed E-state index contributed by atoms with van der Waals surface area (Å²) < 4.78 is 17.2. The Balaban J connectivity index is 0.00000320.